The minimum atomic E-state index is -1.02. The molecule has 0 aliphatic carbocycles. The van der Waals surface area contributed by atoms with Crippen LogP contribution in [0.2, 0.25) is 5.02 Å². The van der Waals surface area contributed by atoms with Gasteiger partial charge in [0.25, 0.3) is 5.91 Å². The summed E-state index contributed by atoms with van der Waals surface area (Å²) in [6.45, 7) is 1.47. The van der Waals surface area contributed by atoms with Crippen LogP contribution in [0.4, 0.5) is 5.69 Å². The van der Waals surface area contributed by atoms with E-state index in [4.69, 9.17) is 21.6 Å². The summed E-state index contributed by atoms with van der Waals surface area (Å²) >= 11 is 7.50. The monoisotopic (exact) mass is 374 g/mol. The van der Waals surface area contributed by atoms with Gasteiger partial charge in [0.1, 0.15) is 0 Å². The molecule has 5 nitrogen and oxygen atoms in total. The lowest BCUT2D eigenvalue weighted by atomic mass is 10.2. The van der Waals surface area contributed by atoms with Gasteiger partial charge < -0.3 is 10.1 Å². The smallest absolute Gasteiger partial charge is 0.340 e. The Labute approximate surface area is 154 Å². The van der Waals surface area contributed by atoms with Gasteiger partial charge >= 0.3 is 5.97 Å². The lowest BCUT2D eigenvalue weighted by Crippen LogP contribution is -2.30. The highest BCUT2D eigenvalue weighted by Gasteiger charge is 2.21. The van der Waals surface area contributed by atoms with E-state index in [9.17, 15) is 9.59 Å². The number of esters is 1. The number of hydrogen-bond acceptors (Lipinski definition) is 5. The van der Waals surface area contributed by atoms with Crippen molar-refractivity contribution in [2.45, 2.75) is 17.9 Å². The van der Waals surface area contributed by atoms with Gasteiger partial charge in [-0.25, -0.2) is 4.79 Å². The molecule has 0 aliphatic heterocycles. The lowest BCUT2D eigenvalue weighted by molar-refractivity contribution is -0.123. The van der Waals surface area contributed by atoms with Crippen LogP contribution in [0.3, 0.4) is 0 Å². The Balaban J connectivity index is 2.05. The first-order valence-electron chi connectivity index (χ1n) is 7.30. The van der Waals surface area contributed by atoms with Gasteiger partial charge in [0.2, 0.25) is 0 Å². The third-order valence-electron chi connectivity index (χ3n) is 3.31. The third kappa shape index (κ3) is 4.99. The van der Waals surface area contributed by atoms with E-state index in [2.05, 4.69) is 5.32 Å². The predicted octanol–water partition coefficient (Wildman–Crippen LogP) is 4.12. The van der Waals surface area contributed by atoms with Crippen LogP contribution in [0.5, 0.6) is 0 Å². The highest BCUT2D eigenvalue weighted by atomic mass is 35.5. The van der Waals surface area contributed by atoms with E-state index >= 15 is 0 Å². The fourth-order valence-electron chi connectivity index (χ4n) is 1.98. The SMILES string of the molecule is CSc1ccc(Cl)c(C(=O)O[C@H](C)C(=O)Nc2cccc(C#N)c2)c1. The molecule has 0 heterocycles. The van der Waals surface area contributed by atoms with Crippen LogP contribution in [0.15, 0.2) is 47.4 Å². The van der Waals surface area contributed by atoms with Crippen LogP contribution in [-0.4, -0.2) is 24.2 Å². The van der Waals surface area contributed by atoms with E-state index in [1.54, 1.807) is 36.4 Å². The van der Waals surface area contributed by atoms with E-state index in [0.29, 0.717) is 11.3 Å². The number of thioether (sulfide) groups is 1. The fourth-order valence-corrected chi connectivity index (χ4v) is 2.61. The third-order valence-corrected chi connectivity index (χ3v) is 4.36. The van der Waals surface area contributed by atoms with Gasteiger partial charge in [-0.15, -0.1) is 11.8 Å². The average molecular weight is 375 g/mol. The minimum absolute atomic E-state index is 0.208. The molecule has 2 rings (SSSR count). The van der Waals surface area contributed by atoms with E-state index in [1.807, 2.05) is 12.3 Å². The van der Waals surface area contributed by atoms with Gasteiger partial charge in [-0.2, -0.15) is 5.26 Å². The van der Waals surface area contributed by atoms with Crippen molar-refractivity contribution in [1.82, 2.24) is 0 Å². The second-order valence-electron chi connectivity index (χ2n) is 5.08. The summed E-state index contributed by atoms with van der Waals surface area (Å²) in [5, 5.41) is 11.7. The Morgan fingerprint density at radius 1 is 1.28 bits per heavy atom. The molecule has 0 unspecified atom stereocenters. The van der Waals surface area contributed by atoms with Crippen LogP contribution >= 0.6 is 23.4 Å². The molecule has 0 aromatic heterocycles. The van der Waals surface area contributed by atoms with Gasteiger partial charge in [0.15, 0.2) is 6.10 Å². The number of nitriles is 1. The Morgan fingerprint density at radius 3 is 2.72 bits per heavy atom. The summed E-state index contributed by atoms with van der Waals surface area (Å²) in [4.78, 5) is 25.3. The molecule has 0 fully saturated rings. The van der Waals surface area contributed by atoms with Crippen molar-refractivity contribution in [3.63, 3.8) is 0 Å². The van der Waals surface area contributed by atoms with Gasteiger partial charge in [-0.3, -0.25) is 4.79 Å². The largest absolute Gasteiger partial charge is 0.449 e. The van der Waals surface area contributed by atoms with Crippen molar-refractivity contribution < 1.29 is 14.3 Å². The first kappa shape index (κ1) is 18.8. The number of carbonyl (C=O) groups excluding carboxylic acids is 2. The summed E-state index contributed by atoms with van der Waals surface area (Å²) in [5.41, 5.74) is 1.08. The molecule has 1 N–H and O–H groups in total. The maximum atomic E-state index is 12.3. The van der Waals surface area contributed by atoms with E-state index in [1.165, 1.54) is 24.8 Å². The van der Waals surface area contributed by atoms with Crippen LogP contribution in [-0.2, 0) is 9.53 Å². The number of rotatable bonds is 5. The number of halogens is 1. The molecule has 128 valence electrons. The first-order valence-corrected chi connectivity index (χ1v) is 8.90. The number of hydrogen-bond donors (Lipinski definition) is 1. The Hall–Kier alpha value is -2.49. The molecule has 0 saturated heterocycles. The molecular weight excluding hydrogens is 360 g/mol. The van der Waals surface area contributed by atoms with Crippen molar-refractivity contribution in [3.05, 3.63) is 58.6 Å². The summed E-state index contributed by atoms with van der Waals surface area (Å²) in [6, 6.07) is 13.5. The molecule has 0 saturated carbocycles. The zero-order valence-electron chi connectivity index (χ0n) is 13.6. The molecule has 0 radical (unpaired) electrons. The quantitative estimate of drug-likeness (QED) is 0.629. The number of ether oxygens (including phenoxy) is 1. The zero-order valence-corrected chi connectivity index (χ0v) is 15.1. The van der Waals surface area contributed by atoms with Crippen LogP contribution in [0.25, 0.3) is 0 Å². The molecule has 2 aromatic rings. The molecule has 1 amide bonds. The Morgan fingerprint density at radius 2 is 2.04 bits per heavy atom. The highest BCUT2D eigenvalue weighted by Crippen LogP contribution is 2.24. The average Bonchev–Trinajstić information content (AvgIpc) is 2.62. The van der Waals surface area contributed by atoms with Crippen molar-refractivity contribution in [2.75, 3.05) is 11.6 Å². The number of benzene rings is 2. The standard InChI is InChI=1S/C18H15ClN2O3S/c1-11(17(22)21-13-5-3-4-12(8-13)10-20)24-18(23)15-9-14(25-2)6-7-16(15)19/h3-9,11H,1-2H3,(H,21,22)/t11-/m1/s1. The van der Waals surface area contributed by atoms with Crippen molar-refractivity contribution >= 4 is 40.9 Å². The summed E-state index contributed by atoms with van der Waals surface area (Å²) in [6.07, 6.45) is 0.858. The minimum Gasteiger partial charge on any atom is -0.449 e. The molecule has 0 bridgehead atoms. The van der Waals surface area contributed by atoms with Crippen LogP contribution in [0.1, 0.15) is 22.8 Å². The summed E-state index contributed by atoms with van der Waals surface area (Å²) in [5.74, 6) is -1.17. The van der Waals surface area contributed by atoms with Crippen molar-refractivity contribution in [3.8, 4) is 6.07 Å². The lowest BCUT2D eigenvalue weighted by Gasteiger charge is -2.14. The number of nitrogens with zero attached hydrogens (tertiary/aromatic N) is 1. The summed E-state index contributed by atoms with van der Waals surface area (Å²) < 4.78 is 5.20. The Kier molecular flexibility index (Phi) is 6.45. The molecular formula is C18H15ClN2O3S. The van der Waals surface area contributed by atoms with Gasteiger partial charge in [0, 0.05) is 10.6 Å². The molecule has 1 atom stereocenters. The highest BCUT2D eigenvalue weighted by molar-refractivity contribution is 7.98. The number of anilines is 1. The van der Waals surface area contributed by atoms with Crippen molar-refractivity contribution in [1.29, 1.82) is 5.26 Å². The Bertz CT molecular complexity index is 848. The summed E-state index contributed by atoms with van der Waals surface area (Å²) in [7, 11) is 0. The number of nitrogens with one attached hydrogen (secondary N) is 1. The predicted molar refractivity (Wildman–Crippen MR) is 97.9 cm³/mol. The number of carbonyl (C=O) groups is 2. The zero-order chi connectivity index (χ0) is 18.4. The van der Waals surface area contributed by atoms with E-state index < -0.39 is 18.0 Å². The van der Waals surface area contributed by atoms with Gasteiger partial charge in [-0.1, -0.05) is 17.7 Å². The maximum Gasteiger partial charge on any atom is 0.340 e. The maximum absolute atomic E-state index is 12.3. The molecule has 0 aliphatic rings. The second kappa shape index (κ2) is 8.56. The topological polar surface area (TPSA) is 79.2 Å². The molecule has 7 heteroatoms. The van der Waals surface area contributed by atoms with Gasteiger partial charge in [0.05, 0.1) is 22.2 Å². The van der Waals surface area contributed by atoms with E-state index in [-0.39, 0.29) is 10.6 Å². The normalized spacial score (nSPS) is 11.3. The van der Waals surface area contributed by atoms with Crippen molar-refractivity contribution in [2.24, 2.45) is 0 Å². The molecule has 2 aromatic carbocycles. The van der Waals surface area contributed by atoms with E-state index in [0.717, 1.165) is 4.90 Å². The first-order chi connectivity index (χ1) is 11.9. The number of amides is 1. The second-order valence-corrected chi connectivity index (χ2v) is 6.36. The molecule has 0 spiro atoms. The molecule has 25 heavy (non-hydrogen) atoms. The van der Waals surface area contributed by atoms with Crippen LogP contribution in [0, 0.1) is 11.3 Å². The fraction of sp³-hybridized carbons (Fsp3) is 0.167. The van der Waals surface area contributed by atoms with Gasteiger partial charge in [-0.05, 0) is 49.6 Å². The van der Waals surface area contributed by atoms with Crippen LogP contribution < -0.4 is 5.32 Å².